The van der Waals surface area contributed by atoms with Crippen LogP contribution in [0.3, 0.4) is 0 Å². The molecule has 0 bridgehead atoms. The Morgan fingerprint density at radius 1 is 1.18 bits per heavy atom. The van der Waals surface area contributed by atoms with Gasteiger partial charge in [-0.2, -0.15) is 0 Å². The van der Waals surface area contributed by atoms with E-state index in [1.807, 2.05) is 0 Å². The SMILES string of the molecule is Cc1cccc(C(CN2CCNCC2)C2(O)CCCCC2)c1. The van der Waals surface area contributed by atoms with Gasteiger partial charge in [-0.25, -0.2) is 0 Å². The molecule has 22 heavy (non-hydrogen) atoms. The second kappa shape index (κ2) is 7.12. The molecule has 3 heteroatoms. The van der Waals surface area contributed by atoms with Gasteiger partial charge in [0.05, 0.1) is 5.60 Å². The van der Waals surface area contributed by atoms with Crippen LogP contribution < -0.4 is 5.32 Å². The quantitative estimate of drug-likeness (QED) is 0.897. The normalized spacial score (nSPS) is 24.1. The number of rotatable bonds is 4. The van der Waals surface area contributed by atoms with Crippen LogP contribution in [0.1, 0.15) is 49.1 Å². The molecule has 1 aliphatic carbocycles. The molecule has 2 fully saturated rings. The highest BCUT2D eigenvalue weighted by molar-refractivity contribution is 5.28. The summed E-state index contributed by atoms with van der Waals surface area (Å²) in [6.07, 6.45) is 5.52. The van der Waals surface area contributed by atoms with Crippen molar-refractivity contribution in [1.82, 2.24) is 10.2 Å². The summed E-state index contributed by atoms with van der Waals surface area (Å²) >= 11 is 0. The Kier molecular flexibility index (Phi) is 5.17. The van der Waals surface area contributed by atoms with Crippen molar-refractivity contribution >= 4 is 0 Å². The summed E-state index contributed by atoms with van der Waals surface area (Å²) in [6.45, 7) is 7.46. The Labute approximate surface area is 134 Å². The molecule has 1 unspecified atom stereocenters. The summed E-state index contributed by atoms with van der Waals surface area (Å²) in [6, 6.07) is 8.78. The molecule has 2 aliphatic rings. The lowest BCUT2D eigenvalue weighted by Gasteiger charge is -2.42. The zero-order valence-corrected chi connectivity index (χ0v) is 13.9. The zero-order chi connectivity index (χ0) is 15.4. The molecule has 1 aliphatic heterocycles. The number of aryl methyl sites for hydroxylation is 1. The van der Waals surface area contributed by atoms with Crippen molar-refractivity contribution in [2.45, 2.75) is 50.5 Å². The third kappa shape index (κ3) is 3.70. The van der Waals surface area contributed by atoms with E-state index in [4.69, 9.17) is 0 Å². The Balaban J connectivity index is 1.83. The fourth-order valence-electron chi connectivity index (χ4n) is 4.14. The van der Waals surface area contributed by atoms with Crippen molar-refractivity contribution in [3.8, 4) is 0 Å². The lowest BCUT2D eigenvalue weighted by molar-refractivity contribution is -0.0316. The fourth-order valence-corrected chi connectivity index (χ4v) is 4.14. The van der Waals surface area contributed by atoms with Gasteiger partial charge >= 0.3 is 0 Å². The van der Waals surface area contributed by atoms with E-state index in [0.717, 1.165) is 45.6 Å². The van der Waals surface area contributed by atoms with Crippen molar-refractivity contribution < 1.29 is 5.11 Å². The molecule has 1 saturated carbocycles. The first-order chi connectivity index (χ1) is 10.7. The van der Waals surface area contributed by atoms with E-state index < -0.39 is 5.60 Å². The number of nitrogens with one attached hydrogen (secondary N) is 1. The molecule has 0 spiro atoms. The predicted molar refractivity (Wildman–Crippen MR) is 91.3 cm³/mol. The van der Waals surface area contributed by atoms with Gasteiger partial charge in [-0.15, -0.1) is 0 Å². The number of aliphatic hydroxyl groups is 1. The van der Waals surface area contributed by atoms with Gasteiger partial charge in [0.15, 0.2) is 0 Å². The van der Waals surface area contributed by atoms with E-state index in [-0.39, 0.29) is 5.92 Å². The standard InChI is InChI=1S/C19H30N2O/c1-16-6-5-7-17(14-16)18(15-21-12-10-20-11-13-21)19(22)8-3-2-4-9-19/h5-7,14,18,20,22H,2-4,8-13,15H2,1H3. The summed E-state index contributed by atoms with van der Waals surface area (Å²) < 4.78 is 0. The highest BCUT2D eigenvalue weighted by Gasteiger charge is 2.39. The molecule has 3 nitrogen and oxygen atoms in total. The van der Waals surface area contributed by atoms with Crippen molar-refractivity contribution in [3.63, 3.8) is 0 Å². The molecule has 3 rings (SSSR count). The largest absolute Gasteiger partial charge is 0.389 e. The molecule has 2 N–H and O–H groups in total. The molecule has 1 heterocycles. The zero-order valence-electron chi connectivity index (χ0n) is 13.9. The van der Waals surface area contributed by atoms with E-state index in [1.165, 1.54) is 30.4 Å². The summed E-state index contributed by atoms with van der Waals surface area (Å²) in [5, 5.41) is 14.8. The van der Waals surface area contributed by atoms with Gasteiger partial charge in [-0.3, -0.25) is 0 Å². The molecule has 0 amide bonds. The third-order valence-electron chi connectivity index (χ3n) is 5.46. The molecule has 0 aromatic heterocycles. The minimum absolute atomic E-state index is 0.241. The summed E-state index contributed by atoms with van der Waals surface area (Å²) in [7, 11) is 0. The van der Waals surface area contributed by atoms with E-state index in [9.17, 15) is 5.11 Å². The van der Waals surface area contributed by atoms with Crippen molar-refractivity contribution in [2.75, 3.05) is 32.7 Å². The van der Waals surface area contributed by atoms with Gasteiger partial charge in [0, 0.05) is 38.6 Å². The average Bonchev–Trinajstić information content (AvgIpc) is 2.54. The van der Waals surface area contributed by atoms with Crippen LogP contribution in [0, 0.1) is 6.92 Å². The number of piperazine rings is 1. The van der Waals surface area contributed by atoms with E-state index in [1.54, 1.807) is 0 Å². The first-order valence-corrected chi connectivity index (χ1v) is 8.89. The first-order valence-electron chi connectivity index (χ1n) is 8.89. The monoisotopic (exact) mass is 302 g/mol. The van der Waals surface area contributed by atoms with Gasteiger partial charge < -0.3 is 15.3 Å². The van der Waals surface area contributed by atoms with Crippen LogP contribution in [-0.2, 0) is 0 Å². The predicted octanol–water partition coefficient (Wildman–Crippen LogP) is 2.68. The maximum atomic E-state index is 11.4. The Morgan fingerprint density at radius 3 is 2.59 bits per heavy atom. The second-order valence-corrected chi connectivity index (χ2v) is 7.18. The van der Waals surface area contributed by atoms with Crippen LogP contribution in [-0.4, -0.2) is 48.3 Å². The van der Waals surface area contributed by atoms with E-state index >= 15 is 0 Å². The van der Waals surface area contributed by atoms with E-state index in [0.29, 0.717) is 0 Å². The van der Waals surface area contributed by atoms with Crippen molar-refractivity contribution in [3.05, 3.63) is 35.4 Å². The Hall–Kier alpha value is -0.900. The topological polar surface area (TPSA) is 35.5 Å². The molecule has 1 saturated heterocycles. The minimum atomic E-state index is -0.517. The van der Waals surface area contributed by atoms with Crippen LogP contribution in [0.2, 0.25) is 0 Å². The average molecular weight is 302 g/mol. The number of hydrogen-bond acceptors (Lipinski definition) is 3. The fraction of sp³-hybridized carbons (Fsp3) is 0.684. The van der Waals surface area contributed by atoms with Gasteiger partial charge in [0.2, 0.25) is 0 Å². The maximum Gasteiger partial charge on any atom is 0.0728 e. The molecule has 1 atom stereocenters. The summed E-state index contributed by atoms with van der Waals surface area (Å²) in [5.41, 5.74) is 2.10. The molecular formula is C19H30N2O. The molecular weight excluding hydrogens is 272 g/mol. The third-order valence-corrected chi connectivity index (χ3v) is 5.46. The van der Waals surface area contributed by atoms with Crippen LogP contribution >= 0.6 is 0 Å². The van der Waals surface area contributed by atoms with Crippen LogP contribution in [0.15, 0.2) is 24.3 Å². The van der Waals surface area contributed by atoms with Gasteiger partial charge in [0.1, 0.15) is 0 Å². The van der Waals surface area contributed by atoms with Gasteiger partial charge in [-0.05, 0) is 25.3 Å². The molecule has 122 valence electrons. The van der Waals surface area contributed by atoms with Crippen LogP contribution in [0.4, 0.5) is 0 Å². The maximum absolute atomic E-state index is 11.4. The van der Waals surface area contributed by atoms with Crippen molar-refractivity contribution in [1.29, 1.82) is 0 Å². The molecule has 1 aromatic carbocycles. The summed E-state index contributed by atoms with van der Waals surface area (Å²) in [5.74, 6) is 0.241. The number of nitrogens with zero attached hydrogens (tertiary/aromatic N) is 1. The van der Waals surface area contributed by atoms with Crippen LogP contribution in [0.25, 0.3) is 0 Å². The lowest BCUT2D eigenvalue weighted by Crippen LogP contribution is -2.49. The van der Waals surface area contributed by atoms with Gasteiger partial charge in [-0.1, -0.05) is 49.1 Å². The highest BCUT2D eigenvalue weighted by atomic mass is 16.3. The number of hydrogen-bond donors (Lipinski definition) is 2. The lowest BCUT2D eigenvalue weighted by atomic mass is 9.72. The van der Waals surface area contributed by atoms with E-state index in [2.05, 4.69) is 41.4 Å². The van der Waals surface area contributed by atoms with Gasteiger partial charge in [0.25, 0.3) is 0 Å². The molecule has 0 radical (unpaired) electrons. The smallest absolute Gasteiger partial charge is 0.0728 e. The minimum Gasteiger partial charge on any atom is -0.389 e. The molecule has 1 aromatic rings. The first kappa shape index (κ1) is 16.0. The number of benzene rings is 1. The van der Waals surface area contributed by atoms with Crippen molar-refractivity contribution in [2.24, 2.45) is 0 Å². The Bertz CT molecular complexity index is 476. The highest BCUT2D eigenvalue weighted by Crippen LogP contribution is 2.40. The van der Waals surface area contributed by atoms with Crippen LogP contribution in [0.5, 0.6) is 0 Å². The summed E-state index contributed by atoms with van der Waals surface area (Å²) in [4.78, 5) is 2.52. The Morgan fingerprint density at radius 2 is 1.91 bits per heavy atom. The second-order valence-electron chi connectivity index (χ2n) is 7.18.